The number of nitrogens with zero attached hydrogens (tertiary/aromatic N) is 4. The zero-order valence-corrected chi connectivity index (χ0v) is 58.5. The van der Waals surface area contributed by atoms with Gasteiger partial charge in [0.25, 0.3) is 0 Å². The Morgan fingerprint density at radius 3 is 0.753 bits per heavy atom. The predicted octanol–water partition coefficient (Wildman–Crippen LogP) is 15.8. The van der Waals surface area contributed by atoms with Gasteiger partial charge in [-0.25, -0.2) is 0 Å². The first-order valence-electron chi connectivity index (χ1n) is 36.6. The Hall–Kier alpha value is -1.87. The lowest BCUT2D eigenvalue weighted by Gasteiger charge is -2.36. The number of hydrogen-bond acceptors (Lipinski definition) is 9. The van der Waals surface area contributed by atoms with Crippen LogP contribution in [0.5, 0.6) is 0 Å². The summed E-state index contributed by atoms with van der Waals surface area (Å²) in [6.07, 6.45) is 52.2. The molecule has 3 N–H and O–H groups in total. The van der Waals surface area contributed by atoms with E-state index in [1.807, 2.05) is 0 Å². The molecule has 0 heterocycles. The van der Waals surface area contributed by atoms with Crippen LogP contribution in [0.1, 0.15) is 304 Å². The van der Waals surface area contributed by atoms with Gasteiger partial charge < -0.3 is 47.5 Å². The molecule has 0 amide bonds. The van der Waals surface area contributed by atoms with Crippen molar-refractivity contribution in [3.05, 3.63) is 0 Å². The second kappa shape index (κ2) is 61.0. The number of aliphatic hydroxyl groups excluding tert-OH is 3. The van der Waals surface area contributed by atoms with Crippen LogP contribution >= 0.6 is 0 Å². The summed E-state index contributed by atoms with van der Waals surface area (Å²) in [5.41, 5.74) is 0. The van der Waals surface area contributed by atoms with E-state index < -0.39 is 0 Å². The fourth-order valence-electron chi connectivity index (χ4n) is 12.0. The van der Waals surface area contributed by atoms with Crippen LogP contribution in [0, 0.1) is 0 Å². The lowest BCUT2D eigenvalue weighted by Crippen LogP contribution is -2.50. The third-order valence-electron chi connectivity index (χ3n) is 18.2. The lowest BCUT2D eigenvalue weighted by atomic mass is 10.1. The minimum Gasteiger partial charge on any atom is -0.466 e. The standard InChI is InChI=1S/C45H92N2O5.C27H58N2O4/c1-6-9-11-13-15-17-19-21-23-25-27-31-42-51-44(49)33-38-47(5,37-30-29-36-46(4,35-8-3)40-41-48)39-34-45(50)52-43-32-28-26-24-22-20-18-16-14-12-10-7-2;1-5-6-7-8-9-10-11-12-13-14-15-16-26-33-27(32)18-21-28(2,3)19-17-20-29(4,22-24-30)23-25-31/h48H,6-43H2,1-5H3;30-31H,5-26H2,1-4H3/q2*+2. The van der Waals surface area contributed by atoms with E-state index >= 15 is 0 Å². The van der Waals surface area contributed by atoms with Gasteiger partial charge in [-0.05, 0) is 25.7 Å². The number of unbranched alkanes of at least 4 members (excludes halogenated alkanes) is 34. The first kappa shape index (κ1) is 85.2. The highest BCUT2D eigenvalue weighted by molar-refractivity contribution is 5.70. The Kier molecular flexibility index (Phi) is 61.1. The van der Waals surface area contributed by atoms with Crippen molar-refractivity contribution in [3.63, 3.8) is 0 Å². The van der Waals surface area contributed by atoms with Crippen LogP contribution in [-0.4, -0.2) is 198 Å². The summed E-state index contributed by atoms with van der Waals surface area (Å²) in [7, 11) is 10.8. The molecule has 0 aliphatic rings. The Morgan fingerprint density at radius 2 is 0.482 bits per heavy atom. The summed E-state index contributed by atoms with van der Waals surface area (Å²) < 4.78 is 19.8. The number of quaternary nitrogens is 4. The number of rotatable bonds is 65. The maximum absolute atomic E-state index is 12.7. The van der Waals surface area contributed by atoms with E-state index in [1.165, 1.54) is 193 Å². The van der Waals surface area contributed by atoms with Crippen LogP contribution < -0.4 is 0 Å². The zero-order chi connectivity index (χ0) is 63.3. The molecule has 1 atom stereocenters. The molecule has 0 aliphatic carbocycles. The van der Waals surface area contributed by atoms with Crippen molar-refractivity contribution in [1.82, 2.24) is 0 Å². The number of aliphatic hydroxyl groups is 3. The summed E-state index contributed by atoms with van der Waals surface area (Å²) in [4.78, 5) is 37.6. The molecule has 0 aromatic heterocycles. The highest BCUT2D eigenvalue weighted by Gasteiger charge is 2.27. The van der Waals surface area contributed by atoms with Crippen molar-refractivity contribution in [2.75, 3.05) is 147 Å². The predicted molar refractivity (Wildman–Crippen MR) is 360 cm³/mol. The van der Waals surface area contributed by atoms with Crippen molar-refractivity contribution >= 4 is 17.9 Å². The molecular weight excluding hydrogens is 1060 g/mol. The number of likely N-dealkylation sites (N-methyl/N-ethyl adjacent to an activating group) is 2. The Bertz CT molecular complexity index is 1390. The second-order valence-electron chi connectivity index (χ2n) is 27.6. The number of hydrogen-bond donors (Lipinski definition) is 3. The van der Waals surface area contributed by atoms with Crippen LogP contribution in [0.4, 0.5) is 0 Å². The maximum Gasteiger partial charge on any atom is 0.311 e. The van der Waals surface area contributed by atoms with E-state index in [9.17, 15) is 29.7 Å². The third-order valence-corrected chi connectivity index (χ3v) is 18.2. The van der Waals surface area contributed by atoms with Crippen LogP contribution in [0.2, 0.25) is 0 Å². The van der Waals surface area contributed by atoms with Gasteiger partial charge in [-0.2, -0.15) is 0 Å². The highest BCUT2D eigenvalue weighted by atomic mass is 16.5. The zero-order valence-electron chi connectivity index (χ0n) is 58.5. The minimum absolute atomic E-state index is 0.0783. The van der Waals surface area contributed by atoms with Crippen LogP contribution in [0.3, 0.4) is 0 Å². The molecule has 0 spiro atoms. The van der Waals surface area contributed by atoms with E-state index in [-0.39, 0.29) is 37.7 Å². The van der Waals surface area contributed by atoms with Gasteiger partial charge in [-0.15, -0.1) is 0 Å². The number of esters is 3. The second-order valence-corrected chi connectivity index (χ2v) is 27.6. The monoisotopic (exact) mass is 1220 g/mol. The Morgan fingerprint density at radius 1 is 0.247 bits per heavy atom. The van der Waals surface area contributed by atoms with Crippen LogP contribution in [-0.2, 0) is 28.6 Å². The van der Waals surface area contributed by atoms with Crippen molar-refractivity contribution in [1.29, 1.82) is 0 Å². The number of carbonyl (C=O) groups is 3. The summed E-state index contributed by atoms with van der Waals surface area (Å²) in [6, 6.07) is 0. The largest absolute Gasteiger partial charge is 0.466 e. The molecule has 0 bridgehead atoms. The van der Waals surface area contributed by atoms with E-state index in [4.69, 9.17) is 14.2 Å². The number of carbonyl (C=O) groups excluding carboxylic acids is 3. The molecule has 1 unspecified atom stereocenters. The average molecular weight is 1220 g/mol. The lowest BCUT2D eigenvalue weighted by molar-refractivity contribution is -0.921. The minimum atomic E-state index is -0.114. The third kappa shape index (κ3) is 59.5. The summed E-state index contributed by atoms with van der Waals surface area (Å²) >= 11 is 0. The van der Waals surface area contributed by atoms with Crippen LogP contribution in [0.15, 0.2) is 0 Å². The van der Waals surface area contributed by atoms with E-state index in [0.717, 1.165) is 119 Å². The number of ether oxygens (including phenoxy) is 3. The fraction of sp³-hybridized carbons (Fsp3) is 0.958. The SMILES string of the molecule is CCCCCCCCCCCCCCOC(=O)CC[N+](C)(C)CCC[N+](C)(CCO)CCO.CCCCCCCCCCCCCCOC(=O)CC[N+](C)(CCCC[N+](C)(CCC)CCO)CCC(=O)OCCCCCCCCCCCCCC. The summed E-state index contributed by atoms with van der Waals surface area (Å²) in [5.74, 6) is -0.306. The molecule has 0 rings (SSSR count). The van der Waals surface area contributed by atoms with Crippen LogP contribution in [0.25, 0.3) is 0 Å². The molecule has 0 radical (unpaired) electrons. The topological polar surface area (TPSA) is 140 Å². The molecule has 85 heavy (non-hydrogen) atoms. The quantitative estimate of drug-likeness (QED) is 0.0235. The fourth-order valence-corrected chi connectivity index (χ4v) is 12.0. The first-order valence-corrected chi connectivity index (χ1v) is 36.6. The van der Waals surface area contributed by atoms with E-state index in [1.54, 1.807) is 0 Å². The molecule has 0 aromatic carbocycles. The Balaban J connectivity index is 0. The highest BCUT2D eigenvalue weighted by Crippen LogP contribution is 2.18. The van der Waals surface area contributed by atoms with Gasteiger partial charge in [0, 0.05) is 19.3 Å². The van der Waals surface area contributed by atoms with Gasteiger partial charge >= 0.3 is 17.9 Å². The summed E-state index contributed by atoms with van der Waals surface area (Å²) in [5, 5.41) is 28.1. The molecule has 0 aliphatic heterocycles. The van der Waals surface area contributed by atoms with Crippen molar-refractivity contribution in [2.45, 2.75) is 304 Å². The molecule has 0 saturated heterocycles. The molecule has 13 nitrogen and oxygen atoms in total. The smallest absolute Gasteiger partial charge is 0.311 e. The Labute approximate surface area is 528 Å². The van der Waals surface area contributed by atoms with Crippen molar-refractivity contribution in [3.8, 4) is 0 Å². The van der Waals surface area contributed by atoms with Gasteiger partial charge in [-0.1, -0.05) is 240 Å². The van der Waals surface area contributed by atoms with E-state index in [0.29, 0.717) is 74.2 Å². The van der Waals surface area contributed by atoms with Crippen molar-refractivity contribution < 1.29 is 61.8 Å². The normalized spacial score (nSPS) is 12.7. The summed E-state index contributed by atoms with van der Waals surface area (Å²) in [6.45, 7) is 20.3. The maximum atomic E-state index is 12.7. The van der Waals surface area contributed by atoms with Crippen molar-refractivity contribution in [2.24, 2.45) is 0 Å². The van der Waals surface area contributed by atoms with E-state index in [2.05, 4.69) is 62.9 Å². The van der Waals surface area contributed by atoms with Gasteiger partial charge in [-0.3, -0.25) is 14.4 Å². The average Bonchev–Trinajstić information content (AvgIpc) is 3.61. The van der Waals surface area contributed by atoms with Gasteiger partial charge in [0.05, 0.1) is 147 Å². The molecule has 0 aromatic rings. The van der Waals surface area contributed by atoms with Gasteiger partial charge in [0.2, 0.25) is 0 Å². The molecule has 0 saturated carbocycles. The van der Waals surface area contributed by atoms with Gasteiger partial charge in [0.1, 0.15) is 19.6 Å². The molecule has 0 fully saturated rings. The molecule has 13 heteroatoms. The first-order chi connectivity index (χ1) is 41.0. The molecular formula is C72H150N4O9+4. The van der Waals surface area contributed by atoms with Gasteiger partial charge in [0.15, 0.2) is 0 Å². The molecule has 508 valence electrons.